The van der Waals surface area contributed by atoms with Gasteiger partial charge in [-0.1, -0.05) is 0 Å². The van der Waals surface area contributed by atoms with Gasteiger partial charge in [0.25, 0.3) is 11.8 Å². The second-order valence-electron chi connectivity index (χ2n) is 6.59. The zero-order valence-electron chi connectivity index (χ0n) is 14.4. The number of aryl methyl sites for hydroxylation is 2. The van der Waals surface area contributed by atoms with E-state index in [0.29, 0.717) is 17.0 Å². The van der Waals surface area contributed by atoms with Crippen molar-refractivity contribution in [1.82, 2.24) is 10.9 Å². The minimum Gasteiger partial charge on any atom is -0.312 e. The molecule has 1 aromatic carbocycles. The Morgan fingerprint density at radius 1 is 1.00 bits per heavy atom. The lowest BCUT2D eigenvalue weighted by Crippen LogP contribution is -2.41. The molecule has 3 amide bonds. The molecule has 0 radical (unpaired) electrons. The van der Waals surface area contributed by atoms with Crippen molar-refractivity contribution in [3.8, 4) is 0 Å². The van der Waals surface area contributed by atoms with Gasteiger partial charge in [-0.05, 0) is 61.1 Å². The molecule has 6 nitrogen and oxygen atoms in total. The molecule has 26 heavy (non-hydrogen) atoms. The summed E-state index contributed by atoms with van der Waals surface area (Å²) in [5, 5.41) is 0. The Morgan fingerprint density at radius 3 is 2.58 bits per heavy atom. The highest BCUT2D eigenvalue weighted by atomic mass is 32.1. The molecule has 0 fully saturated rings. The summed E-state index contributed by atoms with van der Waals surface area (Å²) < 4.78 is 0. The van der Waals surface area contributed by atoms with Crippen LogP contribution in [0.15, 0.2) is 24.3 Å². The zero-order valence-corrected chi connectivity index (χ0v) is 15.2. The van der Waals surface area contributed by atoms with Gasteiger partial charge in [0.1, 0.15) is 0 Å². The van der Waals surface area contributed by atoms with Crippen LogP contribution in [0.4, 0.5) is 5.69 Å². The minimum atomic E-state index is -0.369. The maximum atomic E-state index is 12.3. The van der Waals surface area contributed by atoms with Crippen molar-refractivity contribution in [3.63, 3.8) is 0 Å². The Kier molecular flexibility index (Phi) is 4.24. The van der Waals surface area contributed by atoms with Crippen LogP contribution >= 0.6 is 11.3 Å². The summed E-state index contributed by atoms with van der Waals surface area (Å²) in [4.78, 5) is 39.8. The quantitative estimate of drug-likeness (QED) is 0.797. The lowest BCUT2D eigenvalue weighted by molar-refractivity contribution is -0.116. The molecule has 1 aliphatic carbocycles. The summed E-state index contributed by atoms with van der Waals surface area (Å²) in [5.41, 5.74) is 8.49. The maximum Gasteiger partial charge on any atom is 0.279 e. The average molecular weight is 369 g/mol. The number of thiophene rings is 1. The van der Waals surface area contributed by atoms with E-state index in [0.717, 1.165) is 36.9 Å². The van der Waals surface area contributed by atoms with Gasteiger partial charge in [0, 0.05) is 29.6 Å². The number of carbonyl (C=O) groups is 3. The topological polar surface area (TPSA) is 78.5 Å². The molecule has 7 heteroatoms. The Bertz CT molecular complexity index is 897. The summed E-state index contributed by atoms with van der Waals surface area (Å²) in [5.74, 6) is -0.663. The van der Waals surface area contributed by atoms with Crippen molar-refractivity contribution >= 4 is 34.7 Å². The van der Waals surface area contributed by atoms with Crippen molar-refractivity contribution < 1.29 is 14.4 Å². The molecule has 1 aliphatic heterocycles. The molecule has 0 atom stereocenters. The lowest BCUT2D eigenvalue weighted by Gasteiger charge is -2.14. The number of amides is 3. The molecular formula is C19H19N3O3S. The zero-order chi connectivity index (χ0) is 18.3. The first-order valence-corrected chi connectivity index (χ1v) is 9.48. The van der Waals surface area contributed by atoms with E-state index in [1.54, 1.807) is 23.1 Å². The molecule has 0 saturated heterocycles. The highest BCUT2D eigenvalue weighted by Crippen LogP contribution is 2.30. The average Bonchev–Trinajstić information content (AvgIpc) is 3.32. The van der Waals surface area contributed by atoms with Gasteiger partial charge >= 0.3 is 0 Å². The van der Waals surface area contributed by atoms with Gasteiger partial charge in [0.15, 0.2) is 0 Å². The summed E-state index contributed by atoms with van der Waals surface area (Å²) in [6.45, 7) is 2.17. The van der Waals surface area contributed by atoms with Crippen molar-refractivity contribution in [3.05, 3.63) is 50.7 Å². The highest BCUT2D eigenvalue weighted by Gasteiger charge is 2.23. The highest BCUT2D eigenvalue weighted by molar-refractivity contribution is 7.14. The summed E-state index contributed by atoms with van der Waals surface area (Å²) in [6, 6.07) is 7.14. The van der Waals surface area contributed by atoms with E-state index in [4.69, 9.17) is 0 Å². The minimum absolute atomic E-state index is 0.00365. The van der Waals surface area contributed by atoms with Crippen LogP contribution in [0, 0.1) is 0 Å². The van der Waals surface area contributed by atoms with E-state index in [2.05, 4.69) is 10.9 Å². The van der Waals surface area contributed by atoms with Crippen LogP contribution in [0.3, 0.4) is 0 Å². The van der Waals surface area contributed by atoms with Gasteiger partial charge in [0.2, 0.25) is 5.91 Å². The predicted octanol–water partition coefficient (Wildman–Crippen LogP) is 2.22. The molecule has 2 heterocycles. The third kappa shape index (κ3) is 2.99. The van der Waals surface area contributed by atoms with Crippen LogP contribution in [0.1, 0.15) is 49.4 Å². The molecule has 0 unspecified atom stereocenters. The number of hydrogen-bond donors (Lipinski definition) is 2. The van der Waals surface area contributed by atoms with E-state index in [1.165, 1.54) is 28.7 Å². The molecule has 1 aromatic heterocycles. The molecule has 2 aromatic rings. The van der Waals surface area contributed by atoms with E-state index in [1.807, 2.05) is 6.07 Å². The Labute approximate surface area is 155 Å². The summed E-state index contributed by atoms with van der Waals surface area (Å²) >= 11 is 1.50. The van der Waals surface area contributed by atoms with Crippen LogP contribution in [-0.4, -0.2) is 24.3 Å². The standard InChI is InChI=1S/C19H19N3O3S/c1-11(23)22-8-7-12-9-14(5-6-15(12)22)18(24)20-21-19(25)17-10-13-3-2-4-16(13)26-17/h5-6,9-10H,2-4,7-8H2,1H3,(H,20,24)(H,21,25). The fourth-order valence-corrected chi connectivity index (χ4v) is 4.71. The van der Waals surface area contributed by atoms with E-state index in [-0.39, 0.29) is 17.7 Å². The first-order valence-electron chi connectivity index (χ1n) is 8.66. The smallest absolute Gasteiger partial charge is 0.279 e. The molecule has 0 saturated carbocycles. The molecule has 4 rings (SSSR count). The number of carbonyl (C=O) groups excluding carboxylic acids is 3. The fourth-order valence-electron chi connectivity index (χ4n) is 3.56. The van der Waals surface area contributed by atoms with Crippen molar-refractivity contribution in [1.29, 1.82) is 0 Å². The number of nitrogens with one attached hydrogen (secondary N) is 2. The van der Waals surface area contributed by atoms with Gasteiger partial charge in [-0.15, -0.1) is 11.3 Å². The number of rotatable bonds is 2. The number of fused-ring (bicyclic) bond motifs is 2. The SMILES string of the molecule is CC(=O)N1CCc2cc(C(=O)NNC(=O)c3cc4c(s3)CCC4)ccc21. The fraction of sp³-hybridized carbons (Fsp3) is 0.316. The van der Waals surface area contributed by atoms with E-state index in [9.17, 15) is 14.4 Å². The molecule has 134 valence electrons. The Balaban J connectivity index is 1.40. The Hall–Kier alpha value is -2.67. The molecule has 0 spiro atoms. The van der Waals surface area contributed by atoms with Gasteiger partial charge in [-0.3, -0.25) is 25.2 Å². The largest absolute Gasteiger partial charge is 0.312 e. The maximum absolute atomic E-state index is 12.3. The lowest BCUT2D eigenvalue weighted by atomic mass is 10.1. The second kappa shape index (κ2) is 6.57. The number of anilines is 1. The number of hydrazine groups is 1. The first kappa shape index (κ1) is 16.8. The van der Waals surface area contributed by atoms with Crippen LogP contribution in [0.5, 0.6) is 0 Å². The van der Waals surface area contributed by atoms with Crippen LogP contribution in [-0.2, 0) is 24.1 Å². The third-order valence-electron chi connectivity index (χ3n) is 4.88. The summed E-state index contributed by atoms with van der Waals surface area (Å²) in [6.07, 6.45) is 3.94. The Morgan fingerprint density at radius 2 is 1.81 bits per heavy atom. The van der Waals surface area contributed by atoms with Crippen LogP contribution in [0.25, 0.3) is 0 Å². The van der Waals surface area contributed by atoms with Gasteiger partial charge < -0.3 is 4.90 Å². The summed E-state index contributed by atoms with van der Waals surface area (Å²) in [7, 11) is 0. The van der Waals surface area contributed by atoms with Crippen LogP contribution in [0.2, 0.25) is 0 Å². The molecule has 2 N–H and O–H groups in total. The molecule has 0 bridgehead atoms. The molecular weight excluding hydrogens is 350 g/mol. The number of nitrogens with zero attached hydrogens (tertiary/aromatic N) is 1. The second-order valence-corrected chi connectivity index (χ2v) is 7.72. The van der Waals surface area contributed by atoms with Crippen molar-refractivity contribution in [2.24, 2.45) is 0 Å². The number of benzene rings is 1. The van der Waals surface area contributed by atoms with Crippen molar-refractivity contribution in [2.75, 3.05) is 11.4 Å². The third-order valence-corrected chi connectivity index (χ3v) is 6.11. The van der Waals surface area contributed by atoms with Crippen molar-refractivity contribution in [2.45, 2.75) is 32.6 Å². The van der Waals surface area contributed by atoms with Gasteiger partial charge in [-0.25, -0.2) is 0 Å². The first-order chi connectivity index (χ1) is 12.5. The molecule has 2 aliphatic rings. The van der Waals surface area contributed by atoms with Crippen LogP contribution < -0.4 is 15.8 Å². The van der Waals surface area contributed by atoms with Gasteiger partial charge in [-0.2, -0.15) is 0 Å². The normalized spacial score (nSPS) is 14.7. The predicted molar refractivity (Wildman–Crippen MR) is 99.4 cm³/mol. The number of hydrogen-bond acceptors (Lipinski definition) is 4. The van der Waals surface area contributed by atoms with E-state index < -0.39 is 0 Å². The monoisotopic (exact) mass is 369 g/mol. The van der Waals surface area contributed by atoms with E-state index >= 15 is 0 Å². The van der Waals surface area contributed by atoms with Gasteiger partial charge in [0.05, 0.1) is 4.88 Å².